The zero-order valence-corrected chi connectivity index (χ0v) is 19.0. The molecule has 0 bridgehead atoms. The van der Waals surface area contributed by atoms with Gasteiger partial charge in [-0.2, -0.15) is 13.7 Å². The van der Waals surface area contributed by atoms with Crippen LogP contribution in [-0.4, -0.2) is 66.7 Å². The molecular formula is C19H22F2N6O5S. The van der Waals surface area contributed by atoms with E-state index in [9.17, 15) is 27.3 Å². The Bertz CT molecular complexity index is 1190. The molecule has 1 saturated heterocycles. The standard InChI is InChI=1S/C19H22F2N6O5S/c1-26-16(10-32-33(3,29)30)18(24-25-26)13-4-5-15(14(8-22)23-13)27-9-12(6-17(28)31-2)7-19(20,21)11-27/h4-5,12H,6-7,9-11H2,1-3H3. The summed E-state index contributed by atoms with van der Waals surface area (Å²) in [5.74, 6) is -4.31. The number of aryl methyl sites for hydroxylation is 1. The highest BCUT2D eigenvalue weighted by Crippen LogP contribution is 2.36. The van der Waals surface area contributed by atoms with Gasteiger partial charge in [0.05, 0.1) is 43.4 Å². The number of piperidine rings is 1. The number of pyridine rings is 1. The Morgan fingerprint density at radius 2 is 2.12 bits per heavy atom. The molecule has 1 unspecified atom stereocenters. The summed E-state index contributed by atoms with van der Waals surface area (Å²) >= 11 is 0. The Hall–Kier alpha value is -3.18. The Labute approximate surface area is 189 Å². The molecule has 0 radical (unpaired) electrons. The Morgan fingerprint density at radius 3 is 2.76 bits per heavy atom. The van der Waals surface area contributed by atoms with Gasteiger partial charge in [-0.3, -0.25) is 8.98 Å². The van der Waals surface area contributed by atoms with Crippen LogP contribution in [0.4, 0.5) is 14.5 Å². The minimum atomic E-state index is -3.73. The molecule has 33 heavy (non-hydrogen) atoms. The molecule has 0 spiro atoms. The fraction of sp³-hybridized carbons (Fsp3) is 0.526. The number of methoxy groups -OCH3 is 1. The third-order valence-corrected chi connectivity index (χ3v) is 5.63. The molecule has 2 aromatic heterocycles. The van der Waals surface area contributed by atoms with Gasteiger partial charge in [0, 0.05) is 20.0 Å². The maximum absolute atomic E-state index is 14.4. The van der Waals surface area contributed by atoms with E-state index in [2.05, 4.69) is 20.0 Å². The van der Waals surface area contributed by atoms with Crippen molar-refractivity contribution in [1.29, 1.82) is 5.26 Å². The van der Waals surface area contributed by atoms with Gasteiger partial charge in [0.15, 0.2) is 5.69 Å². The molecule has 2 aromatic rings. The first-order chi connectivity index (χ1) is 15.4. The van der Waals surface area contributed by atoms with Crippen molar-refractivity contribution in [2.24, 2.45) is 13.0 Å². The summed E-state index contributed by atoms with van der Waals surface area (Å²) in [7, 11) is -1.000. The van der Waals surface area contributed by atoms with Gasteiger partial charge in [-0.05, 0) is 18.1 Å². The van der Waals surface area contributed by atoms with Crippen molar-refractivity contribution in [1.82, 2.24) is 20.0 Å². The van der Waals surface area contributed by atoms with Crippen molar-refractivity contribution >= 4 is 21.8 Å². The van der Waals surface area contributed by atoms with Crippen molar-refractivity contribution in [3.05, 3.63) is 23.5 Å². The van der Waals surface area contributed by atoms with Crippen molar-refractivity contribution < 1.29 is 30.9 Å². The van der Waals surface area contributed by atoms with Crippen LogP contribution in [0.1, 0.15) is 24.2 Å². The highest BCUT2D eigenvalue weighted by Gasteiger charge is 2.41. The third kappa shape index (κ3) is 5.99. The number of alkyl halides is 2. The van der Waals surface area contributed by atoms with Crippen molar-refractivity contribution in [2.75, 3.05) is 31.4 Å². The van der Waals surface area contributed by atoms with Crippen LogP contribution in [0.3, 0.4) is 0 Å². The van der Waals surface area contributed by atoms with Crippen LogP contribution < -0.4 is 4.90 Å². The Kier molecular flexibility index (Phi) is 6.94. The normalized spacial score (nSPS) is 18.1. The summed E-state index contributed by atoms with van der Waals surface area (Å²) < 4.78 is 62.2. The summed E-state index contributed by atoms with van der Waals surface area (Å²) in [5.41, 5.74) is 0.755. The lowest BCUT2D eigenvalue weighted by atomic mass is 9.91. The molecule has 3 rings (SSSR count). The molecule has 178 valence electrons. The number of nitrogens with zero attached hydrogens (tertiary/aromatic N) is 6. The van der Waals surface area contributed by atoms with Crippen molar-refractivity contribution in [3.8, 4) is 17.5 Å². The second-order valence-corrected chi connectivity index (χ2v) is 9.38. The molecule has 11 nitrogen and oxygen atoms in total. The maximum atomic E-state index is 14.4. The van der Waals surface area contributed by atoms with Crippen LogP contribution in [0.2, 0.25) is 0 Å². The van der Waals surface area contributed by atoms with Crippen molar-refractivity contribution in [3.63, 3.8) is 0 Å². The quantitative estimate of drug-likeness (QED) is 0.416. The second kappa shape index (κ2) is 9.36. The molecule has 3 heterocycles. The first-order valence-corrected chi connectivity index (χ1v) is 11.6. The minimum absolute atomic E-state index is 0.123. The number of carbonyl (C=O) groups excluding carboxylic acids is 1. The number of hydrogen-bond donors (Lipinski definition) is 0. The minimum Gasteiger partial charge on any atom is -0.469 e. The summed E-state index contributed by atoms with van der Waals surface area (Å²) in [6, 6.07) is 4.85. The molecule has 1 atom stereocenters. The lowest BCUT2D eigenvalue weighted by Crippen LogP contribution is -2.48. The molecule has 14 heteroatoms. The molecule has 0 aromatic carbocycles. The molecule has 0 amide bonds. The predicted octanol–water partition coefficient (Wildman–Crippen LogP) is 1.25. The van der Waals surface area contributed by atoms with Crippen molar-refractivity contribution in [2.45, 2.75) is 25.4 Å². The number of hydrogen-bond acceptors (Lipinski definition) is 10. The van der Waals surface area contributed by atoms with Crippen LogP contribution >= 0.6 is 0 Å². The smallest absolute Gasteiger partial charge is 0.305 e. The largest absolute Gasteiger partial charge is 0.469 e. The lowest BCUT2D eigenvalue weighted by Gasteiger charge is -2.38. The number of esters is 1. The zero-order chi connectivity index (χ0) is 24.4. The topological polar surface area (TPSA) is 140 Å². The van der Waals surface area contributed by atoms with E-state index in [4.69, 9.17) is 4.18 Å². The molecular weight excluding hydrogens is 462 g/mol. The zero-order valence-electron chi connectivity index (χ0n) is 18.2. The predicted molar refractivity (Wildman–Crippen MR) is 110 cm³/mol. The molecule has 0 aliphatic carbocycles. The number of carbonyl (C=O) groups is 1. The molecule has 1 aliphatic rings. The van der Waals surface area contributed by atoms with E-state index >= 15 is 0 Å². The van der Waals surface area contributed by atoms with E-state index in [0.717, 1.165) is 6.26 Å². The van der Waals surface area contributed by atoms with E-state index in [0.29, 0.717) is 5.69 Å². The summed E-state index contributed by atoms with van der Waals surface area (Å²) in [5, 5.41) is 17.4. The molecule has 1 aliphatic heterocycles. The number of halogens is 2. The Morgan fingerprint density at radius 1 is 1.39 bits per heavy atom. The van der Waals surface area contributed by atoms with Gasteiger partial charge in [-0.15, -0.1) is 5.10 Å². The fourth-order valence-electron chi connectivity index (χ4n) is 3.67. The lowest BCUT2D eigenvalue weighted by molar-refractivity contribution is -0.142. The van der Waals surface area contributed by atoms with Crippen LogP contribution in [0.5, 0.6) is 0 Å². The van der Waals surface area contributed by atoms with E-state index in [1.165, 1.54) is 35.9 Å². The third-order valence-electron chi connectivity index (χ3n) is 5.09. The summed E-state index contributed by atoms with van der Waals surface area (Å²) in [6.07, 6.45) is 0.272. The first-order valence-electron chi connectivity index (χ1n) is 9.76. The van der Waals surface area contributed by atoms with Gasteiger partial charge in [0.1, 0.15) is 18.4 Å². The van der Waals surface area contributed by atoms with E-state index < -0.39 is 40.9 Å². The van der Waals surface area contributed by atoms with Gasteiger partial charge < -0.3 is 9.64 Å². The average molecular weight is 484 g/mol. The average Bonchev–Trinajstić information content (AvgIpc) is 3.10. The van der Waals surface area contributed by atoms with Gasteiger partial charge in [-0.1, -0.05) is 5.21 Å². The number of aromatic nitrogens is 4. The van der Waals surface area contributed by atoms with Crippen LogP contribution in [-0.2, 0) is 37.5 Å². The van der Waals surface area contributed by atoms with Crippen LogP contribution in [0, 0.1) is 17.2 Å². The highest BCUT2D eigenvalue weighted by molar-refractivity contribution is 7.85. The maximum Gasteiger partial charge on any atom is 0.305 e. The fourth-order valence-corrected chi connectivity index (χ4v) is 3.99. The first kappa shape index (κ1) is 24.5. The monoisotopic (exact) mass is 484 g/mol. The van der Waals surface area contributed by atoms with Crippen LogP contribution in [0.15, 0.2) is 12.1 Å². The van der Waals surface area contributed by atoms with Gasteiger partial charge in [0.2, 0.25) is 0 Å². The molecule has 0 N–H and O–H groups in total. The molecule has 0 saturated carbocycles. The van der Waals surface area contributed by atoms with Gasteiger partial charge in [-0.25, -0.2) is 18.4 Å². The molecule has 1 fully saturated rings. The van der Waals surface area contributed by atoms with Crippen LogP contribution in [0.25, 0.3) is 11.4 Å². The summed E-state index contributed by atoms with van der Waals surface area (Å²) in [6.45, 7) is -0.853. The number of anilines is 1. The number of ether oxygens (including phenoxy) is 1. The highest BCUT2D eigenvalue weighted by atomic mass is 32.2. The van der Waals surface area contributed by atoms with Gasteiger partial charge >= 0.3 is 5.97 Å². The Balaban J connectivity index is 1.92. The van der Waals surface area contributed by atoms with E-state index in [1.807, 2.05) is 6.07 Å². The SMILES string of the molecule is COC(=O)CC1CN(c2ccc(-c3nnn(C)c3COS(C)(=O)=O)nc2C#N)CC(F)(F)C1. The van der Waals surface area contributed by atoms with E-state index in [1.54, 1.807) is 0 Å². The van der Waals surface area contributed by atoms with Gasteiger partial charge in [0.25, 0.3) is 16.0 Å². The number of rotatable bonds is 7. The number of nitriles is 1. The second-order valence-electron chi connectivity index (χ2n) is 7.74. The summed E-state index contributed by atoms with van der Waals surface area (Å²) in [4.78, 5) is 17.2. The van der Waals surface area contributed by atoms with E-state index in [-0.39, 0.29) is 42.3 Å².